The van der Waals surface area contributed by atoms with Gasteiger partial charge in [-0.3, -0.25) is 4.79 Å². The molecule has 1 amide bonds. The number of hydrogen-bond donors (Lipinski definition) is 1. The van der Waals surface area contributed by atoms with Crippen LogP contribution in [0.5, 0.6) is 0 Å². The van der Waals surface area contributed by atoms with Crippen molar-refractivity contribution >= 4 is 40.1 Å². The van der Waals surface area contributed by atoms with Gasteiger partial charge in [-0.05, 0) is 18.2 Å². The number of amides is 1. The number of carbonyl (C=O) groups is 1. The van der Waals surface area contributed by atoms with Crippen molar-refractivity contribution in [2.45, 2.75) is 19.9 Å². The summed E-state index contributed by atoms with van der Waals surface area (Å²) < 4.78 is 2.07. The minimum Gasteiger partial charge on any atom is -0.355 e. The molecule has 19 heavy (non-hydrogen) atoms. The number of fused-ring (bicyclic) bond motifs is 1. The minimum atomic E-state index is -0.0358. The minimum absolute atomic E-state index is 0.0358. The first-order valence-electron chi connectivity index (χ1n) is 6.07. The molecule has 0 unspecified atom stereocenters. The second kappa shape index (κ2) is 6.26. The molecule has 1 aromatic carbocycles. The van der Waals surface area contributed by atoms with Crippen LogP contribution in [0.25, 0.3) is 11.0 Å². The summed E-state index contributed by atoms with van der Waals surface area (Å²) in [6.07, 6.45) is 0.688. The number of aromatic nitrogens is 2. The van der Waals surface area contributed by atoms with Gasteiger partial charge in [-0.2, -0.15) is 0 Å². The molecular weight excluding hydrogens is 285 g/mol. The van der Waals surface area contributed by atoms with Crippen molar-refractivity contribution < 1.29 is 4.79 Å². The number of aryl methyl sites for hydroxylation is 1. The molecule has 0 saturated heterocycles. The maximum absolute atomic E-state index is 10.9. The van der Waals surface area contributed by atoms with Crippen LogP contribution in [0.15, 0.2) is 18.2 Å². The van der Waals surface area contributed by atoms with E-state index in [-0.39, 0.29) is 5.91 Å². The average Bonchev–Trinajstić information content (AvgIpc) is 2.66. The lowest BCUT2D eigenvalue weighted by molar-refractivity contribution is -0.118. The zero-order chi connectivity index (χ0) is 13.8. The number of benzene rings is 1. The summed E-state index contributed by atoms with van der Waals surface area (Å²) >= 11 is 11.8. The number of rotatable bonds is 5. The van der Waals surface area contributed by atoms with E-state index in [4.69, 9.17) is 23.2 Å². The molecular formula is C13H15Cl2N3O. The molecule has 0 bridgehead atoms. The molecule has 4 nitrogen and oxygen atoms in total. The van der Waals surface area contributed by atoms with Crippen molar-refractivity contribution in [2.24, 2.45) is 0 Å². The number of alkyl halides is 1. The van der Waals surface area contributed by atoms with Gasteiger partial charge < -0.3 is 9.88 Å². The normalized spacial score (nSPS) is 10.9. The summed E-state index contributed by atoms with van der Waals surface area (Å²) in [5.41, 5.74) is 1.87. The van der Waals surface area contributed by atoms with Crippen LogP contribution in [0.1, 0.15) is 12.7 Å². The zero-order valence-electron chi connectivity index (χ0n) is 10.6. The Labute approximate surface area is 121 Å². The van der Waals surface area contributed by atoms with Gasteiger partial charge >= 0.3 is 0 Å². The Morgan fingerprint density at radius 2 is 2.26 bits per heavy atom. The Kier molecular flexibility index (Phi) is 4.66. The molecule has 1 N–H and O–H groups in total. The number of hydrogen-bond acceptors (Lipinski definition) is 2. The van der Waals surface area contributed by atoms with E-state index in [1.165, 1.54) is 6.92 Å². The second-order valence-electron chi connectivity index (χ2n) is 4.23. The van der Waals surface area contributed by atoms with Crippen LogP contribution in [0.4, 0.5) is 0 Å². The van der Waals surface area contributed by atoms with Crippen LogP contribution in [0.2, 0.25) is 5.02 Å². The van der Waals surface area contributed by atoms with Crippen molar-refractivity contribution in [3.05, 3.63) is 29.0 Å². The molecule has 0 aliphatic heterocycles. The monoisotopic (exact) mass is 299 g/mol. The van der Waals surface area contributed by atoms with Crippen molar-refractivity contribution in [3.63, 3.8) is 0 Å². The summed E-state index contributed by atoms with van der Waals surface area (Å²) in [5, 5.41) is 3.45. The lowest BCUT2D eigenvalue weighted by atomic mass is 10.3. The molecule has 0 radical (unpaired) electrons. The SMILES string of the molecule is CC(=O)NCCn1c(CCCl)nc2cc(Cl)ccc21. The highest BCUT2D eigenvalue weighted by atomic mass is 35.5. The molecule has 102 valence electrons. The number of halogens is 2. The summed E-state index contributed by atoms with van der Waals surface area (Å²) in [7, 11) is 0. The van der Waals surface area contributed by atoms with Gasteiger partial charge in [-0.15, -0.1) is 11.6 Å². The lowest BCUT2D eigenvalue weighted by Crippen LogP contribution is -2.25. The Morgan fingerprint density at radius 3 is 2.95 bits per heavy atom. The molecule has 1 heterocycles. The van der Waals surface area contributed by atoms with Crippen molar-refractivity contribution in [2.75, 3.05) is 12.4 Å². The number of imidazole rings is 1. The summed E-state index contributed by atoms with van der Waals surface area (Å²) in [6, 6.07) is 5.62. The first-order chi connectivity index (χ1) is 9.11. The topological polar surface area (TPSA) is 46.9 Å². The van der Waals surface area contributed by atoms with Crippen LogP contribution >= 0.6 is 23.2 Å². The van der Waals surface area contributed by atoms with Gasteiger partial charge in [0.15, 0.2) is 0 Å². The van der Waals surface area contributed by atoms with E-state index in [0.717, 1.165) is 16.9 Å². The predicted octanol–water partition coefficient (Wildman–Crippen LogP) is 2.61. The molecule has 0 saturated carbocycles. The lowest BCUT2D eigenvalue weighted by Gasteiger charge is -2.08. The van der Waals surface area contributed by atoms with E-state index in [0.29, 0.717) is 30.4 Å². The van der Waals surface area contributed by atoms with Crippen LogP contribution in [0, 0.1) is 0 Å². The van der Waals surface area contributed by atoms with Crippen LogP contribution in [0.3, 0.4) is 0 Å². The molecule has 2 aromatic rings. The van der Waals surface area contributed by atoms with Gasteiger partial charge in [0.2, 0.25) is 5.91 Å². The van der Waals surface area contributed by atoms with E-state index in [1.807, 2.05) is 18.2 Å². The van der Waals surface area contributed by atoms with Gasteiger partial charge in [0.1, 0.15) is 5.82 Å². The van der Waals surface area contributed by atoms with Crippen LogP contribution in [-0.2, 0) is 17.8 Å². The molecule has 0 aliphatic carbocycles. The Balaban J connectivity index is 2.31. The van der Waals surface area contributed by atoms with E-state index in [9.17, 15) is 4.79 Å². The smallest absolute Gasteiger partial charge is 0.216 e. The van der Waals surface area contributed by atoms with Crippen molar-refractivity contribution in [3.8, 4) is 0 Å². The Morgan fingerprint density at radius 1 is 1.47 bits per heavy atom. The van der Waals surface area contributed by atoms with E-state index < -0.39 is 0 Å². The molecule has 1 aromatic heterocycles. The fraction of sp³-hybridized carbons (Fsp3) is 0.385. The van der Waals surface area contributed by atoms with Crippen molar-refractivity contribution in [1.29, 1.82) is 0 Å². The first kappa shape index (κ1) is 14.2. The summed E-state index contributed by atoms with van der Waals surface area (Å²) in [4.78, 5) is 15.5. The third-order valence-electron chi connectivity index (χ3n) is 2.82. The maximum atomic E-state index is 10.9. The first-order valence-corrected chi connectivity index (χ1v) is 6.98. The Bertz CT molecular complexity index is 595. The highest BCUT2D eigenvalue weighted by molar-refractivity contribution is 6.31. The van der Waals surface area contributed by atoms with Gasteiger partial charge in [0.25, 0.3) is 0 Å². The van der Waals surface area contributed by atoms with Gasteiger partial charge in [-0.1, -0.05) is 11.6 Å². The van der Waals surface area contributed by atoms with Gasteiger partial charge in [0.05, 0.1) is 11.0 Å². The molecule has 6 heteroatoms. The molecule has 0 spiro atoms. The largest absolute Gasteiger partial charge is 0.355 e. The maximum Gasteiger partial charge on any atom is 0.216 e. The highest BCUT2D eigenvalue weighted by Crippen LogP contribution is 2.21. The fourth-order valence-corrected chi connectivity index (χ4v) is 2.36. The molecule has 0 fully saturated rings. The average molecular weight is 300 g/mol. The predicted molar refractivity (Wildman–Crippen MR) is 77.9 cm³/mol. The number of nitrogens with zero attached hydrogens (tertiary/aromatic N) is 2. The van der Waals surface area contributed by atoms with E-state index in [2.05, 4.69) is 14.9 Å². The summed E-state index contributed by atoms with van der Waals surface area (Å²) in [6.45, 7) is 2.74. The summed E-state index contributed by atoms with van der Waals surface area (Å²) in [5.74, 6) is 1.39. The highest BCUT2D eigenvalue weighted by Gasteiger charge is 2.10. The number of nitrogens with one attached hydrogen (secondary N) is 1. The second-order valence-corrected chi connectivity index (χ2v) is 5.05. The molecule has 0 atom stereocenters. The third-order valence-corrected chi connectivity index (χ3v) is 3.24. The van der Waals surface area contributed by atoms with Gasteiger partial charge in [-0.25, -0.2) is 4.98 Å². The van der Waals surface area contributed by atoms with Gasteiger partial charge in [0, 0.05) is 37.3 Å². The van der Waals surface area contributed by atoms with Crippen LogP contribution < -0.4 is 5.32 Å². The zero-order valence-corrected chi connectivity index (χ0v) is 12.1. The van der Waals surface area contributed by atoms with Crippen LogP contribution in [-0.4, -0.2) is 27.9 Å². The van der Waals surface area contributed by atoms with E-state index >= 15 is 0 Å². The molecule has 0 aliphatic rings. The third kappa shape index (κ3) is 3.39. The standard InChI is InChI=1S/C13H15Cl2N3O/c1-9(19)16-6-7-18-12-3-2-10(15)8-11(12)17-13(18)4-5-14/h2-3,8H,4-7H2,1H3,(H,16,19). The quantitative estimate of drug-likeness (QED) is 0.863. The van der Waals surface area contributed by atoms with E-state index in [1.54, 1.807) is 0 Å². The number of carbonyl (C=O) groups excluding carboxylic acids is 1. The Hall–Kier alpha value is -1.26. The molecule has 2 rings (SSSR count). The van der Waals surface area contributed by atoms with Crippen molar-refractivity contribution in [1.82, 2.24) is 14.9 Å². The fourth-order valence-electron chi connectivity index (χ4n) is 2.02.